The Labute approximate surface area is 123 Å². The van der Waals surface area contributed by atoms with E-state index in [-0.39, 0.29) is 11.4 Å². The van der Waals surface area contributed by atoms with E-state index < -0.39 is 0 Å². The number of nitrogens with zero attached hydrogens (tertiary/aromatic N) is 1. The van der Waals surface area contributed by atoms with Crippen LogP contribution in [0.3, 0.4) is 0 Å². The molecule has 0 bridgehead atoms. The summed E-state index contributed by atoms with van der Waals surface area (Å²) < 4.78 is 11.8. The summed E-state index contributed by atoms with van der Waals surface area (Å²) >= 11 is 0. The molecule has 0 spiro atoms. The Kier molecular flexibility index (Phi) is 3.16. The molecule has 108 valence electrons. The zero-order valence-corrected chi connectivity index (χ0v) is 12.3. The Morgan fingerprint density at radius 1 is 1.29 bits per heavy atom. The molecule has 0 amide bonds. The first kappa shape index (κ1) is 13.6. The molecule has 2 aromatic rings. The van der Waals surface area contributed by atoms with Gasteiger partial charge in [-0.15, -0.1) is 0 Å². The summed E-state index contributed by atoms with van der Waals surface area (Å²) in [6.07, 6.45) is 2.38. The van der Waals surface area contributed by atoms with Crippen LogP contribution >= 0.6 is 0 Å². The zero-order valence-electron chi connectivity index (χ0n) is 12.3. The first-order chi connectivity index (χ1) is 9.94. The van der Waals surface area contributed by atoms with Gasteiger partial charge in [0.1, 0.15) is 5.60 Å². The zero-order chi connectivity index (χ0) is 15.0. The first-order valence-electron chi connectivity index (χ1n) is 6.90. The molecule has 0 radical (unpaired) electrons. The van der Waals surface area contributed by atoms with E-state index in [1.807, 2.05) is 18.2 Å². The van der Waals surface area contributed by atoms with Crippen LogP contribution in [0.5, 0.6) is 17.4 Å². The molecule has 0 aliphatic carbocycles. The second-order valence-corrected chi connectivity index (χ2v) is 5.83. The van der Waals surface area contributed by atoms with Gasteiger partial charge in [0.05, 0.1) is 0 Å². The van der Waals surface area contributed by atoms with Crippen molar-refractivity contribution in [2.75, 3.05) is 0 Å². The van der Waals surface area contributed by atoms with Crippen LogP contribution in [-0.2, 0) is 6.42 Å². The molecule has 2 heterocycles. The number of ketones is 1. The van der Waals surface area contributed by atoms with Gasteiger partial charge in [0.25, 0.3) is 0 Å². The normalized spacial score (nSPS) is 15.2. The molecule has 1 aliphatic heterocycles. The lowest BCUT2D eigenvalue weighted by molar-refractivity contribution is 0.101. The highest BCUT2D eigenvalue weighted by atomic mass is 16.5. The number of Topliss-reactive ketones (excluding diaryl/α,β-unsaturated/α-hetero) is 1. The molecule has 0 fully saturated rings. The quantitative estimate of drug-likeness (QED) is 0.804. The van der Waals surface area contributed by atoms with Crippen molar-refractivity contribution in [2.24, 2.45) is 0 Å². The van der Waals surface area contributed by atoms with E-state index in [9.17, 15) is 4.79 Å². The summed E-state index contributed by atoms with van der Waals surface area (Å²) in [4.78, 5) is 15.4. The Hall–Kier alpha value is -2.36. The molecule has 21 heavy (non-hydrogen) atoms. The predicted molar refractivity (Wildman–Crippen MR) is 79.2 cm³/mol. The van der Waals surface area contributed by atoms with Crippen molar-refractivity contribution in [1.29, 1.82) is 0 Å². The van der Waals surface area contributed by atoms with Gasteiger partial charge in [-0.05, 0) is 32.9 Å². The number of aromatic nitrogens is 1. The highest BCUT2D eigenvalue weighted by Crippen LogP contribution is 2.42. The van der Waals surface area contributed by atoms with Crippen LogP contribution in [0.15, 0.2) is 36.5 Å². The number of fused-ring (bicyclic) bond motifs is 1. The fraction of sp³-hybridized carbons (Fsp3) is 0.294. The van der Waals surface area contributed by atoms with E-state index in [0.717, 1.165) is 17.7 Å². The van der Waals surface area contributed by atoms with Gasteiger partial charge >= 0.3 is 0 Å². The van der Waals surface area contributed by atoms with Crippen LogP contribution in [-0.4, -0.2) is 16.4 Å². The number of hydrogen-bond acceptors (Lipinski definition) is 4. The minimum atomic E-state index is -0.215. The average molecular weight is 283 g/mol. The number of ether oxygens (including phenoxy) is 2. The maximum Gasteiger partial charge on any atom is 0.219 e. The Morgan fingerprint density at radius 3 is 2.76 bits per heavy atom. The van der Waals surface area contributed by atoms with Crippen molar-refractivity contribution >= 4 is 5.78 Å². The molecule has 0 N–H and O–H groups in total. The van der Waals surface area contributed by atoms with Gasteiger partial charge in [-0.2, -0.15) is 0 Å². The van der Waals surface area contributed by atoms with Crippen LogP contribution in [0.1, 0.15) is 36.7 Å². The highest BCUT2D eigenvalue weighted by Gasteiger charge is 2.32. The molecule has 0 saturated carbocycles. The van der Waals surface area contributed by atoms with Crippen molar-refractivity contribution in [3.8, 4) is 17.4 Å². The lowest BCUT2D eigenvalue weighted by atomic mass is 10.0. The van der Waals surface area contributed by atoms with Gasteiger partial charge in [0.15, 0.2) is 17.3 Å². The van der Waals surface area contributed by atoms with Crippen molar-refractivity contribution in [3.05, 3.63) is 47.7 Å². The molecule has 4 nitrogen and oxygen atoms in total. The van der Waals surface area contributed by atoms with Gasteiger partial charge < -0.3 is 9.47 Å². The van der Waals surface area contributed by atoms with Crippen LogP contribution < -0.4 is 9.47 Å². The summed E-state index contributed by atoms with van der Waals surface area (Å²) in [5.41, 5.74) is 1.49. The van der Waals surface area contributed by atoms with Crippen molar-refractivity contribution in [3.63, 3.8) is 0 Å². The second kappa shape index (κ2) is 4.88. The molecule has 0 unspecified atom stereocenters. The third kappa shape index (κ3) is 2.75. The summed E-state index contributed by atoms with van der Waals surface area (Å²) in [7, 11) is 0. The summed E-state index contributed by atoms with van der Waals surface area (Å²) in [6.45, 7) is 5.62. The van der Waals surface area contributed by atoms with E-state index in [4.69, 9.17) is 9.47 Å². The Morgan fingerprint density at radius 2 is 2.10 bits per heavy atom. The highest BCUT2D eigenvalue weighted by molar-refractivity contribution is 5.93. The third-order valence-corrected chi connectivity index (χ3v) is 3.41. The summed E-state index contributed by atoms with van der Waals surface area (Å²) in [5.74, 6) is 1.86. The molecule has 1 aromatic heterocycles. The van der Waals surface area contributed by atoms with Crippen LogP contribution in [0.4, 0.5) is 0 Å². The minimum absolute atomic E-state index is 0.0141. The first-order valence-corrected chi connectivity index (χ1v) is 6.90. The standard InChI is InChI=1S/C17H17NO3/c1-11(19)13-7-8-15(18-10-13)20-14-6-4-5-12-9-17(2,3)21-16(12)14/h4-8,10H,9H2,1-3H3. The van der Waals surface area contributed by atoms with Crippen LogP contribution in [0.25, 0.3) is 0 Å². The summed E-state index contributed by atoms with van der Waals surface area (Å²) in [5, 5.41) is 0. The van der Waals surface area contributed by atoms with Gasteiger partial charge in [-0.25, -0.2) is 4.98 Å². The fourth-order valence-electron chi connectivity index (χ4n) is 2.43. The molecule has 1 aliphatic rings. The van der Waals surface area contributed by atoms with Gasteiger partial charge in [0, 0.05) is 29.8 Å². The average Bonchev–Trinajstić information content (AvgIpc) is 2.74. The molecule has 0 saturated heterocycles. The van der Waals surface area contributed by atoms with E-state index in [1.54, 1.807) is 12.1 Å². The fourth-order valence-corrected chi connectivity index (χ4v) is 2.43. The molecule has 0 atom stereocenters. The largest absolute Gasteiger partial charge is 0.483 e. The van der Waals surface area contributed by atoms with Crippen LogP contribution in [0, 0.1) is 0 Å². The van der Waals surface area contributed by atoms with E-state index in [1.165, 1.54) is 13.1 Å². The lowest BCUT2D eigenvalue weighted by Gasteiger charge is -2.18. The Balaban J connectivity index is 1.87. The second-order valence-electron chi connectivity index (χ2n) is 5.83. The third-order valence-electron chi connectivity index (χ3n) is 3.41. The molecular weight excluding hydrogens is 266 g/mol. The number of hydrogen-bond donors (Lipinski definition) is 0. The molecule has 1 aromatic carbocycles. The molecule has 4 heteroatoms. The number of para-hydroxylation sites is 1. The topological polar surface area (TPSA) is 48.4 Å². The number of rotatable bonds is 3. The van der Waals surface area contributed by atoms with Gasteiger partial charge in [0.2, 0.25) is 5.88 Å². The van der Waals surface area contributed by atoms with E-state index in [0.29, 0.717) is 17.2 Å². The number of carbonyl (C=O) groups is 1. The Bertz CT molecular complexity index is 690. The maximum absolute atomic E-state index is 11.2. The van der Waals surface area contributed by atoms with Crippen LogP contribution in [0.2, 0.25) is 0 Å². The molecule has 3 rings (SSSR count). The van der Waals surface area contributed by atoms with Gasteiger partial charge in [-0.3, -0.25) is 4.79 Å². The SMILES string of the molecule is CC(=O)c1ccc(Oc2cccc3c2OC(C)(C)C3)nc1. The molecular formula is C17H17NO3. The minimum Gasteiger partial charge on any atom is -0.483 e. The van der Waals surface area contributed by atoms with Crippen molar-refractivity contribution < 1.29 is 14.3 Å². The maximum atomic E-state index is 11.2. The van der Waals surface area contributed by atoms with E-state index >= 15 is 0 Å². The van der Waals surface area contributed by atoms with Crippen molar-refractivity contribution in [1.82, 2.24) is 4.98 Å². The monoisotopic (exact) mass is 283 g/mol. The number of carbonyl (C=O) groups excluding carboxylic acids is 1. The number of benzene rings is 1. The summed E-state index contributed by atoms with van der Waals surface area (Å²) in [6, 6.07) is 9.25. The van der Waals surface area contributed by atoms with Crippen molar-refractivity contribution in [2.45, 2.75) is 32.8 Å². The lowest BCUT2D eigenvalue weighted by Crippen LogP contribution is -2.24. The van der Waals surface area contributed by atoms with E-state index in [2.05, 4.69) is 18.8 Å². The predicted octanol–water partition coefficient (Wildman–Crippen LogP) is 3.79. The number of pyridine rings is 1. The van der Waals surface area contributed by atoms with Gasteiger partial charge in [-0.1, -0.05) is 12.1 Å². The smallest absolute Gasteiger partial charge is 0.219 e.